The molecule has 0 aromatic heterocycles. The summed E-state index contributed by atoms with van der Waals surface area (Å²) in [6, 6.07) is 5.33. The van der Waals surface area contributed by atoms with Gasteiger partial charge in [-0.3, -0.25) is 4.79 Å². The number of ether oxygens (including phenoxy) is 2. The van der Waals surface area contributed by atoms with E-state index in [9.17, 15) is 4.79 Å². The maximum absolute atomic E-state index is 11.9. The number of carbonyl (C=O) groups is 1. The normalized spacial score (nSPS) is 10.6. The Balaban J connectivity index is 3.28. The summed E-state index contributed by atoms with van der Waals surface area (Å²) in [6.45, 7) is 3.94. The highest BCUT2D eigenvalue weighted by Crippen LogP contribution is 2.34. The molecule has 0 N–H and O–H groups in total. The number of nitrogens with zero attached hydrogens (tertiary/aromatic N) is 2. The van der Waals surface area contributed by atoms with Crippen molar-refractivity contribution in [1.29, 1.82) is 5.26 Å². The van der Waals surface area contributed by atoms with Crippen LogP contribution in [-0.2, 0) is 4.79 Å². The molecule has 116 valence electrons. The number of nitriles is 1. The second-order valence-corrected chi connectivity index (χ2v) is 5.35. The zero-order chi connectivity index (χ0) is 16.7. The van der Waals surface area contributed by atoms with Crippen LogP contribution in [0.4, 0.5) is 0 Å². The van der Waals surface area contributed by atoms with Crippen LogP contribution in [0.1, 0.15) is 5.56 Å². The number of rotatable bonds is 6. The average molecular weight is 365 g/mol. The Morgan fingerprint density at radius 1 is 1.45 bits per heavy atom. The second-order valence-electron chi connectivity index (χ2n) is 4.49. The van der Waals surface area contributed by atoms with Crippen LogP contribution in [0.3, 0.4) is 0 Å². The van der Waals surface area contributed by atoms with Gasteiger partial charge in [-0.2, -0.15) is 5.26 Å². The van der Waals surface area contributed by atoms with Gasteiger partial charge in [-0.15, -0.1) is 0 Å². The fourth-order valence-electron chi connectivity index (χ4n) is 1.62. The van der Waals surface area contributed by atoms with Crippen LogP contribution in [0.2, 0.25) is 0 Å². The third-order valence-corrected chi connectivity index (χ3v) is 3.38. The number of likely N-dealkylation sites (N-methyl/N-ethyl adjacent to an activating group) is 1. The quantitative estimate of drug-likeness (QED) is 0.442. The molecule has 0 saturated carbocycles. The van der Waals surface area contributed by atoms with Crippen LogP contribution >= 0.6 is 15.9 Å². The van der Waals surface area contributed by atoms with E-state index in [-0.39, 0.29) is 11.5 Å². The predicted molar refractivity (Wildman–Crippen MR) is 88.7 cm³/mol. The molecule has 6 heteroatoms. The van der Waals surface area contributed by atoms with Crippen molar-refractivity contribution in [3.05, 3.63) is 40.4 Å². The summed E-state index contributed by atoms with van der Waals surface area (Å²) in [7, 11) is 4.71. The summed E-state index contributed by atoms with van der Waals surface area (Å²) < 4.78 is 11.5. The second kappa shape index (κ2) is 8.25. The fraction of sp³-hybridized carbons (Fsp3) is 0.250. The summed E-state index contributed by atoms with van der Waals surface area (Å²) in [6.07, 6.45) is 3.14. The monoisotopic (exact) mass is 364 g/mol. The highest BCUT2D eigenvalue weighted by molar-refractivity contribution is 9.10. The van der Waals surface area contributed by atoms with Crippen molar-refractivity contribution in [1.82, 2.24) is 4.90 Å². The fourth-order valence-corrected chi connectivity index (χ4v) is 2.06. The van der Waals surface area contributed by atoms with E-state index in [2.05, 4.69) is 22.5 Å². The molecule has 0 spiro atoms. The summed E-state index contributed by atoms with van der Waals surface area (Å²) >= 11 is 3.41. The lowest BCUT2D eigenvalue weighted by atomic mass is 10.1. The Morgan fingerprint density at radius 2 is 2.14 bits per heavy atom. The number of benzene rings is 1. The van der Waals surface area contributed by atoms with Crippen molar-refractivity contribution in [3.63, 3.8) is 0 Å². The van der Waals surface area contributed by atoms with Crippen molar-refractivity contribution in [2.75, 3.05) is 27.8 Å². The van der Waals surface area contributed by atoms with Gasteiger partial charge in [0.05, 0.1) is 7.11 Å². The first-order valence-electron chi connectivity index (χ1n) is 6.39. The van der Waals surface area contributed by atoms with Gasteiger partial charge in [0.2, 0.25) is 0 Å². The first-order valence-corrected chi connectivity index (χ1v) is 7.18. The van der Waals surface area contributed by atoms with E-state index in [4.69, 9.17) is 14.7 Å². The minimum absolute atomic E-state index is 0.0347. The minimum atomic E-state index is -0.361. The average Bonchev–Trinajstić information content (AvgIpc) is 2.51. The van der Waals surface area contributed by atoms with E-state index < -0.39 is 0 Å². The van der Waals surface area contributed by atoms with Crippen molar-refractivity contribution in [3.8, 4) is 17.6 Å². The first kappa shape index (κ1) is 17.8. The molecule has 1 rings (SSSR count). The van der Waals surface area contributed by atoms with E-state index in [1.54, 1.807) is 32.3 Å². The zero-order valence-corrected chi connectivity index (χ0v) is 14.3. The summed E-state index contributed by atoms with van der Waals surface area (Å²) in [5, 5.41) is 9.15. The molecule has 0 fully saturated rings. The summed E-state index contributed by atoms with van der Waals surface area (Å²) in [4.78, 5) is 13.3. The number of methoxy groups -OCH3 is 1. The number of carbonyl (C=O) groups excluding carboxylic acids is 1. The van der Waals surface area contributed by atoms with Gasteiger partial charge in [-0.05, 0) is 23.8 Å². The highest BCUT2D eigenvalue weighted by Gasteiger charge is 2.14. The lowest BCUT2D eigenvalue weighted by Gasteiger charge is -2.12. The van der Waals surface area contributed by atoms with E-state index in [0.29, 0.717) is 28.1 Å². The molecule has 0 radical (unpaired) electrons. The number of hydrogen-bond donors (Lipinski definition) is 0. The molecular formula is C16H17BrN2O3. The van der Waals surface area contributed by atoms with Gasteiger partial charge in [-0.25, -0.2) is 0 Å². The van der Waals surface area contributed by atoms with Crippen LogP contribution in [0.25, 0.3) is 6.08 Å². The van der Waals surface area contributed by atoms with Gasteiger partial charge in [0.15, 0.2) is 11.5 Å². The Bertz CT molecular complexity index is 646. The van der Waals surface area contributed by atoms with Crippen molar-refractivity contribution in [2.45, 2.75) is 0 Å². The third-order valence-electron chi connectivity index (χ3n) is 2.70. The molecule has 0 saturated heterocycles. The van der Waals surface area contributed by atoms with Gasteiger partial charge in [0.1, 0.15) is 18.2 Å². The van der Waals surface area contributed by atoms with Crippen LogP contribution in [0.5, 0.6) is 11.5 Å². The number of hydrogen-bond acceptors (Lipinski definition) is 4. The van der Waals surface area contributed by atoms with Crippen molar-refractivity contribution in [2.24, 2.45) is 0 Å². The molecule has 5 nitrogen and oxygen atoms in total. The Morgan fingerprint density at radius 3 is 2.64 bits per heavy atom. The molecule has 0 aliphatic carbocycles. The molecule has 0 aliphatic heterocycles. The zero-order valence-electron chi connectivity index (χ0n) is 12.7. The summed E-state index contributed by atoms with van der Waals surface area (Å²) in [5.41, 5.74) is 0.682. The molecular weight excluding hydrogens is 348 g/mol. The Hall–Kier alpha value is -2.26. The van der Waals surface area contributed by atoms with E-state index >= 15 is 0 Å². The molecule has 0 bridgehead atoms. The Kier molecular flexibility index (Phi) is 6.67. The molecule has 0 heterocycles. The van der Waals surface area contributed by atoms with Crippen molar-refractivity contribution < 1.29 is 14.3 Å². The Labute approximate surface area is 138 Å². The van der Waals surface area contributed by atoms with Crippen LogP contribution in [-0.4, -0.2) is 38.6 Å². The smallest absolute Gasteiger partial charge is 0.264 e. The van der Waals surface area contributed by atoms with E-state index in [0.717, 1.165) is 0 Å². The largest absolute Gasteiger partial charge is 0.493 e. The third kappa shape index (κ3) is 4.37. The molecule has 22 heavy (non-hydrogen) atoms. The van der Waals surface area contributed by atoms with Crippen LogP contribution < -0.4 is 9.47 Å². The molecule has 0 unspecified atom stereocenters. The molecule has 1 aromatic rings. The topological polar surface area (TPSA) is 62.6 Å². The summed E-state index contributed by atoms with van der Waals surface area (Å²) in [5.74, 6) is 0.690. The van der Waals surface area contributed by atoms with Gasteiger partial charge in [0, 0.05) is 18.6 Å². The predicted octanol–water partition coefficient (Wildman–Crippen LogP) is 3.02. The minimum Gasteiger partial charge on any atom is -0.493 e. The van der Waals surface area contributed by atoms with Crippen LogP contribution in [0.15, 0.2) is 34.8 Å². The molecule has 0 atom stereocenters. The maximum Gasteiger partial charge on any atom is 0.264 e. The lowest BCUT2D eigenvalue weighted by Crippen LogP contribution is -2.22. The molecule has 0 aliphatic rings. The van der Waals surface area contributed by atoms with Crippen molar-refractivity contribution >= 4 is 27.9 Å². The van der Waals surface area contributed by atoms with Crippen LogP contribution in [0, 0.1) is 11.3 Å². The maximum atomic E-state index is 11.9. The molecule has 1 amide bonds. The van der Waals surface area contributed by atoms with E-state index in [1.165, 1.54) is 18.1 Å². The van der Waals surface area contributed by atoms with Gasteiger partial charge in [0.25, 0.3) is 5.91 Å². The standard InChI is InChI=1S/C16H17BrN2O3/c1-5-6-22-15-9-13(17)11(8-14(15)21-4)7-12(10-18)16(20)19(2)3/h5,7-9H,1,6H2,2-4H3/b12-7+. The van der Waals surface area contributed by atoms with E-state index in [1.807, 2.05) is 6.07 Å². The van der Waals surface area contributed by atoms with Gasteiger partial charge >= 0.3 is 0 Å². The SMILES string of the molecule is C=CCOc1cc(Br)c(/C=C(\C#N)C(=O)N(C)C)cc1OC. The van der Waals surface area contributed by atoms with Gasteiger partial charge < -0.3 is 14.4 Å². The first-order chi connectivity index (χ1) is 10.4. The number of amides is 1. The highest BCUT2D eigenvalue weighted by atomic mass is 79.9. The lowest BCUT2D eigenvalue weighted by molar-refractivity contribution is -0.124. The van der Waals surface area contributed by atoms with Gasteiger partial charge in [-0.1, -0.05) is 28.6 Å². The molecule has 1 aromatic carbocycles. The number of halogens is 1.